The van der Waals surface area contributed by atoms with Gasteiger partial charge in [-0.15, -0.1) is 11.8 Å². The summed E-state index contributed by atoms with van der Waals surface area (Å²) in [5.41, 5.74) is 1.04. The average molecular weight is 351 g/mol. The third-order valence-corrected chi connectivity index (χ3v) is 5.99. The molecule has 122 valence electrons. The largest absolute Gasteiger partial charge is 0.478 e. The van der Waals surface area contributed by atoms with E-state index >= 15 is 0 Å². The van der Waals surface area contributed by atoms with Crippen molar-refractivity contribution in [2.24, 2.45) is 0 Å². The fourth-order valence-corrected chi connectivity index (χ4v) is 3.87. The molecule has 0 radical (unpaired) electrons. The molecule has 0 unspecified atom stereocenters. The minimum Gasteiger partial charge on any atom is -0.478 e. The predicted molar refractivity (Wildman–Crippen MR) is 90.3 cm³/mol. The molecule has 23 heavy (non-hydrogen) atoms. The molecule has 0 fully saturated rings. The van der Waals surface area contributed by atoms with Crippen LogP contribution in [0.15, 0.2) is 58.3 Å². The first kappa shape index (κ1) is 17.5. The van der Waals surface area contributed by atoms with E-state index in [2.05, 4.69) is 0 Å². The van der Waals surface area contributed by atoms with E-state index in [1.54, 1.807) is 0 Å². The molecule has 0 spiro atoms. The minimum atomic E-state index is -3.68. The SMILES string of the molecule is CN(C)S(=O)(=O)c1cc(SCc2ccccc2)cc(C(=O)O)c1. The van der Waals surface area contributed by atoms with Crippen LogP contribution in [0.3, 0.4) is 0 Å². The summed E-state index contributed by atoms with van der Waals surface area (Å²) in [6.07, 6.45) is 0. The van der Waals surface area contributed by atoms with E-state index in [-0.39, 0.29) is 10.5 Å². The summed E-state index contributed by atoms with van der Waals surface area (Å²) in [4.78, 5) is 11.8. The molecular weight excluding hydrogens is 334 g/mol. The second-order valence-electron chi connectivity index (χ2n) is 5.06. The molecule has 2 rings (SSSR count). The maximum Gasteiger partial charge on any atom is 0.335 e. The fourth-order valence-electron chi connectivity index (χ4n) is 1.88. The van der Waals surface area contributed by atoms with Crippen LogP contribution in [0.2, 0.25) is 0 Å². The monoisotopic (exact) mass is 351 g/mol. The van der Waals surface area contributed by atoms with Gasteiger partial charge in [0, 0.05) is 24.7 Å². The Balaban J connectivity index is 2.36. The van der Waals surface area contributed by atoms with Gasteiger partial charge in [-0.3, -0.25) is 0 Å². The first-order chi connectivity index (χ1) is 10.8. The third kappa shape index (κ3) is 4.34. The maximum atomic E-state index is 12.3. The van der Waals surface area contributed by atoms with E-state index in [1.807, 2.05) is 30.3 Å². The van der Waals surface area contributed by atoms with Crippen molar-refractivity contribution in [1.29, 1.82) is 0 Å². The smallest absolute Gasteiger partial charge is 0.335 e. The zero-order valence-electron chi connectivity index (χ0n) is 12.8. The van der Waals surface area contributed by atoms with Gasteiger partial charge in [0.1, 0.15) is 0 Å². The number of nitrogens with zero attached hydrogens (tertiary/aromatic N) is 1. The molecule has 2 aromatic rings. The Kier molecular flexibility index (Phi) is 5.46. The summed E-state index contributed by atoms with van der Waals surface area (Å²) in [5.74, 6) is -0.520. The van der Waals surface area contributed by atoms with Gasteiger partial charge >= 0.3 is 5.97 Å². The van der Waals surface area contributed by atoms with Gasteiger partial charge in [0.25, 0.3) is 0 Å². The van der Waals surface area contributed by atoms with Crippen molar-refractivity contribution < 1.29 is 18.3 Å². The summed E-state index contributed by atoms with van der Waals surface area (Å²) in [7, 11) is -0.849. The lowest BCUT2D eigenvalue weighted by molar-refractivity contribution is 0.0696. The zero-order chi connectivity index (χ0) is 17.0. The number of carbonyl (C=O) groups is 1. The summed E-state index contributed by atoms with van der Waals surface area (Å²) in [6, 6.07) is 13.9. The van der Waals surface area contributed by atoms with Crippen LogP contribution in [-0.4, -0.2) is 37.9 Å². The maximum absolute atomic E-state index is 12.3. The highest BCUT2D eigenvalue weighted by atomic mass is 32.2. The first-order valence-corrected chi connectivity index (χ1v) is 9.21. The Hall–Kier alpha value is -1.83. The van der Waals surface area contributed by atoms with Crippen molar-refractivity contribution in [2.45, 2.75) is 15.5 Å². The van der Waals surface area contributed by atoms with Crippen molar-refractivity contribution in [3.05, 3.63) is 59.7 Å². The number of thioether (sulfide) groups is 1. The average Bonchev–Trinajstić information content (AvgIpc) is 2.53. The number of sulfonamides is 1. The summed E-state index contributed by atoms with van der Waals surface area (Å²) in [6.45, 7) is 0. The van der Waals surface area contributed by atoms with E-state index in [4.69, 9.17) is 0 Å². The summed E-state index contributed by atoms with van der Waals surface area (Å²) >= 11 is 1.40. The van der Waals surface area contributed by atoms with Crippen LogP contribution in [-0.2, 0) is 15.8 Å². The van der Waals surface area contributed by atoms with E-state index in [0.717, 1.165) is 9.87 Å². The van der Waals surface area contributed by atoms with Gasteiger partial charge in [0.2, 0.25) is 10.0 Å². The lowest BCUT2D eigenvalue weighted by Gasteiger charge is -2.13. The molecule has 0 saturated carbocycles. The number of hydrogen-bond acceptors (Lipinski definition) is 4. The van der Waals surface area contributed by atoms with E-state index in [9.17, 15) is 18.3 Å². The lowest BCUT2D eigenvalue weighted by atomic mass is 10.2. The standard InChI is InChI=1S/C16H17NO4S2/c1-17(2)23(20,21)15-9-13(16(18)19)8-14(10-15)22-11-12-6-4-3-5-7-12/h3-10H,11H2,1-2H3,(H,18,19). The van der Waals surface area contributed by atoms with Crippen LogP contribution in [0, 0.1) is 0 Å². The first-order valence-electron chi connectivity index (χ1n) is 6.78. The number of carboxylic acids is 1. The van der Waals surface area contributed by atoms with E-state index in [0.29, 0.717) is 10.6 Å². The van der Waals surface area contributed by atoms with Gasteiger partial charge in [0.15, 0.2) is 0 Å². The number of aromatic carboxylic acids is 1. The van der Waals surface area contributed by atoms with Crippen molar-refractivity contribution in [1.82, 2.24) is 4.31 Å². The Labute approximate surface area is 140 Å². The highest BCUT2D eigenvalue weighted by molar-refractivity contribution is 7.98. The van der Waals surface area contributed by atoms with E-state index < -0.39 is 16.0 Å². The molecule has 0 heterocycles. The molecule has 0 saturated heterocycles. The van der Waals surface area contributed by atoms with Gasteiger partial charge < -0.3 is 5.11 Å². The van der Waals surface area contributed by atoms with Gasteiger partial charge in [0.05, 0.1) is 10.5 Å². The summed E-state index contributed by atoms with van der Waals surface area (Å²) in [5, 5.41) is 9.21. The van der Waals surface area contributed by atoms with Crippen LogP contribution in [0.25, 0.3) is 0 Å². The summed E-state index contributed by atoms with van der Waals surface area (Å²) < 4.78 is 25.6. The third-order valence-electron chi connectivity index (χ3n) is 3.15. The van der Waals surface area contributed by atoms with Crippen molar-refractivity contribution in [2.75, 3.05) is 14.1 Å². The Morgan fingerprint density at radius 1 is 1.13 bits per heavy atom. The second kappa shape index (κ2) is 7.16. The predicted octanol–water partition coefficient (Wildman–Crippen LogP) is 2.93. The van der Waals surface area contributed by atoms with Crippen LogP contribution >= 0.6 is 11.8 Å². The highest BCUT2D eigenvalue weighted by Crippen LogP contribution is 2.27. The number of carboxylic acid groups (broad SMARTS) is 1. The normalized spacial score (nSPS) is 11.6. The molecule has 0 amide bonds. The fraction of sp³-hybridized carbons (Fsp3) is 0.188. The molecule has 5 nitrogen and oxygen atoms in total. The van der Waals surface area contributed by atoms with Crippen LogP contribution in [0.1, 0.15) is 15.9 Å². The Bertz CT molecular complexity index is 802. The molecule has 1 N–H and O–H groups in total. The number of benzene rings is 2. The van der Waals surface area contributed by atoms with E-state index in [1.165, 1.54) is 44.1 Å². The molecule has 0 aromatic heterocycles. The van der Waals surface area contributed by atoms with Crippen LogP contribution < -0.4 is 0 Å². The van der Waals surface area contributed by atoms with Gasteiger partial charge in [-0.2, -0.15) is 0 Å². The van der Waals surface area contributed by atoms with Crippen LogP contribution in [0.4, 0.5) is 0 Å². The topological polar surface area (TPSA) is 74.7 Å². The number of hydrogen-bond donors (Lipinski definition) is 1. The Morgan fingerprint density at radius 2 is 1.78 bits per heavy atom. The van der Waals surface area contributed by atoms with Crippen molar-refractivity contribution in [3.8, 4) is 0 Å². The van der Waals surface area contributed by atoms with Gasteiger partial charge in [-0.05, 0) is 23.8 Å². The quantitative estimate of drug-likeness (QED) is 0.810. The molecule has 0 bridgehead atoms. The molecule has 0 aliphatic rings. The van der Waals surface area contributed by atoms with Crippen molar-refractivity contribution in [3.63, 3.8) is 0 Å². The van der Waals surface area contributed by atoms with Crippen molar-refractivity contribution >= 4 is 27.8 Å². The molecule has 0 aliphatic carbocycles. The van der Waals surface area contributed by atoms with Crippen LogP contribution in [0.5, 0.6) is 0 Å². The molecule has 2 aromatic carbocycles. The molecular formula is C16H17NO4S2. The minimum absolute atomic E-state index is 0.0158. The lowest BCUT2D eigenvalue weighted by Crippen LogP contribution is -2.22. The molecule has 7 heteroatoms. The second-order valence-corrected chi connectivity index (χ2v) is 8.26. The molecule has 0 aliphatic heterocycles. The number of rotatable bonds is 6. The zero-order valence-corrected chi connectivity index (χ0v) is 14.4. The Morgan fingerprint density at radius 3 is 2.35 bits per heavy atom. The van der Waals surface area contributed by atoms with Gasteiger partial charge in [-0.1, -0.05) is 30.3 Å². The highest BCUT2D eigenvalue weighted by Gasteiger charge is 2.20. The molecule has 0 atom stereocenters. The van der Waals surface area contributed by atoms with Gasteiger partial charge in [-0.25, -0.2) is 17.5 Å².